The molecule has 2 rings (SSSR count). The molecule has 5 heteroatoms. The zero-order valence-electron chi connectivity index (χ0n) is 11.9. The third-order valence-electron chi connectivity index (χ3n) is 3.43. The first-order valence-corrected chi connectivity index (χ1v) is 6.74. The van der Waals surface area contributed by atoms with Gasteiger partial charge >= 0.3 is 0 Å². The van der Waals surface area contributed by atoms with Crippen LogP contribution < -0.4 is 10.6 Å². The summed E-state index contributed by atoms with van der Waals surface area (Å²) < 4.78 is 0. The lowest BCUT2D eigenvalue weighted by Gasteiger charge is -2.30. The van der Waals surface area contributed by atoms with Gasteiger partial charge in [0.2, 0.25) is 0 Å². The summed E-state index contributed by atoms with van der Waals surface area (Å²) >= 11 is 0. The highest BCUT2D eigenvalue weighted by Crippen LogP contribution is 2.12. The largest absolute Gasteiger partial charge is 0.373 e. The normalized spacial score (nSPS) is 20.1. The Kier molecular flexibility index (Phi) is 4.37. The monoisotopic (exact) mass is 262 g/mol. The fourth-order valence-electron chi connectivity index (χ4n) is 2.48. The van der Waals surface area contributed by atoms with Crippen molar-refractivity contribution in [2.45, 2.75) is 25.8 Å². The smallest absolute Gasteiger partial charge is 0.251 e. The molecule has 1 atom stereocenters. The average Bonchev–Trinajstić information content (AvgIpc) is 2.38. The van der Waals surface area contributed by atoms with Crippen molar-refractivity contribution in [3.05, 3.63) is 23.4 Å². The van der Waals surface area contributed by atoms with E-state index in [9.17, 15) is 4.79 Å². The molecule has 0 spiro atoms. The standard InChI is InChI=1S/C14H22N4O/c1-10-7-11(8-13(15-2)16-10)14(19)17-12-5-4-6-18(3)9-12/h7-8,12H,4-6,9H2,1-3H3,(H,15,16)(H,17,19). The number of carbonyl (C=O) groups excluding carboxylic acids is 1. The lowest BCUT2D eigenvalue weighted by atomic mass is 10.1. The van der Waals surface area contributed by atoms with Crippen molar-refractivity contribution in [1.29, 1.82) is 0 Å². The van der Waals surface area contributed by atoms with Gasteiger partial charge in [-0.3, -0.25) is 4.79 Å². The van der Waals surface area contributed by atoms with Crippen molar-refractivity contribution in [3.8, 4) is 0 Å². The lowest BCUT2D eigenvalue weighted by Crippen LogP contribution is -2.46. The van der Waals surface area contributed by atoms with E-state index in [-0.39, 0.29) is 11.9 Å². The molecule has 2 heterocycles. The Bertz CT molecular complexity index is 461. The van der Waals surface area contributed by atoms with Crippen LogP contribution in [0.1, 0.15) is 28.9 Å². The maximum absolute atomic E-state index is 12.3. The first kappa shape index (κ1) is 13.8. The number of anilines is 1. The molecule has 1 saturated heterocycles. The molecule has 19 heavy (non-hydrogen) atoms. The van der Waals surface area contributed by atoms with Gasteiger partial charge in [-0.1, -0.05) is 0 Å². The molecule has 1 aromatic heterocycles. The van der Waals surface area contributed by atoms with Gasteiger partial charge in [0, 0.05) is 30.9 Å². The third-order valence-corrected chi connectivity index (χ3v) is 3.43. The number of likely N-dealkylation sites (N-methyl/N-ethyl adjacent to an activating group) is 1. The average molecular weight is 262 g/mol. The first-order valence-electron chi connectivity index (χ1n) is 6.74. The number of amides is 1. The molecular formula is C14H22N4O. The van der Waals surface area contributed by atoms with E-state index in [0.717, 1.165) is 37.4 Å². The number of hydrogen-bond acceptors (Lipinski definition) is 4. The number of aryl methyl sites for hydroxylation is 1. The second-order valence-corrected chi connectivity index (χ2v) is 5.21. The Labute approximate surface area is 114 Å². The molecule has 1 fully saturated rings. The summed E-state index contributed by atoms with van der Waals surface area (Å²) in [5.74, 6) is 0.716. The van der Waals surface area contributed by atoms with Crippen LogP contribution in [-0.2, 0) is 0 Å². The SMILES string of the molecule is CNc1cc(C(=O)NC2CCCN(C)C2)cc(C)n1. The predicted molar refractivity (Wildman–Crippen MR) is 76.5 cm³/mol. The molecule has 5 nitrogen and oxygen atoms in total. The zero-order chi connectivity index (χ0) is 13.8. The van der Waals surface area contributed by atoms with Gasteiger partial charge in [-0.15, -0.1) is 0 Å². The number of rotatable bonds is 3. The minimum atomic E-state index is -0.0118. The molecule has 104 valence electrons. The molecule has 2 N–H and O–H groups in total. The first-order chi connectivity index (χ1) is 9.08. The van der Waals surface area contributed by atoms with Crippen LogP contribution in [0.15, 0.2) is 12.1 Å². The number of likely N-dealkylation sites (tertiary alicyclic amines) is 1. The molecule has 0 saturated carbocycles. The molecule has 1 amide bonds. The van der Waals surface area contributed by atoms with Crippen LogP contribution in [0.4, 0.5) is 5.82 Å². The fraction of sp³-hybridized carbons (Fsp3) is 0.571. The molecule has 0 bridgehead atoms. The topological polar surface area (TPSA) is 57.3 Å². The highest BCUT2D eigenvalue weighted by Gasteiger charge is 2.19. The van der Waals surface area contributed by atoms with Crippen molar-refractivity contribution in [2.24, 2.45) is 0 Å². The lowest BCUT2D eigenvalue weighted by molar-refractivity contribution is 0.0912. The van der Waals surface area contributed by atoms with Crippen molar-refractivity contribution in [3.63, 3.8) is 0 Å². The van der Waals surface area contributed by atoms with E-state index >= 15 is 0 Å². The number of nitrogens with one attached hydrogen (secondary N) is 2. The molecular weight excluding hydrogens is 240 g/mol. The summed E-state index contributed by atoms with van der Waals surface area (Å²) in [7, 11) is 3.90. The Morgan fingerprint density at radius 3 is 2.95 bits per heavy atom. The van der Waals surface area contributed by atoms with Gasteiger partial charge in [0.05, 0.1) is 0 Å². The van der Waals surface area contributed by atoms with E-state index in [1.165, 1.54) is 0 Å². The Morgan fingerprint density at radius 2 is 2.26 bits per heavy atom. The van der Waals surface area contributed by atoms with Gasteiger partial charge in [-0.2, -0.15) is 0 Å². The summed E-state index contributed by atoms with van der Waals surface area (Å²) in [6.07, 6.45) is 2.19. The van der Waals surface area contributed by atoms with Gasteiger partial charge in [-0.05, 0) is 45.5 Å². The number of piperidine rings is 1. The Hall–Kier alpha value is -1.62. The van der Waals surface area contributed by atoms with Crippen LogP contribution in [0.5, 0.6) is 0 Å². The molecule has 1 aliphatic rings. The van der Waals surface area contributed by atoms with E-state index < -0.39 is 0 Å². The molecule has 0 aromatic carbocycles. The van der Waals surface area contributed by atoms with Gasteiger partial charge in [-0.25, -0.2) is 4.98 Å². The van der Waals surface area contributed by atoms with Crippen LogP contribution in [0.2, 0.25) is 0 Å². The second-order valence-electron chi connectivity index (χ2n) is 5.21. The van der Waals surface area contributed by atoms with Crippen LogP contribution in [0.3, 0.4) is 0 Å². The van der Waals surface area contributed by atoms with Crippen molar-refractivity contribution in [2.75, 3.05) is 32.5 Å². The fourth-order valence-corrected chi connectivity index (χ4v) is 2.48. The Balaban J connectivity index is 2.05. The quantitative estimate of drug-likeness (QED) is 0.861. The maximum Gasteiger partial charge on any atom is 0.251 e. The van der Waals surface area contributed by atoms with Gasteiger partial charge < -0.3 is 15.5 Å². The zero-order valence-corrected chi connectivity index (χ0v) is 11.9. The van der Waals surface area contributed by atoms with Gasteiger partial charge in [0.1, 0.15) is 5.82 Å². The summed E-state index contributed by atoms with van der Waals surface area (Å²) in [4.78, 5) is 18.8. The van der Waals surface area contributed by atoms with Crippen molar-refractivity contribution >= 4 is 11.7 Å². The summed E-state index contributed by atoms with van der Waals surface area (Å²) in [6.45, 7) is 3.94. The van der Waals surface area contributed by atoms with Gasteiger partial charge in [0.15, 0.2) is 0 Å². The van der Waals surface area contributed by atoms with Crippen LogP contribution in [0.25, 0.3) is 0 Å². The van der Waals surface area contributed by atoms with E-state index in [4.69, 9.17) is 0 Å². The van der Waals surface area contributed by atoms with E-state index in [1.807, 2.05) is 13.0 Å². The number of aromatic nitrogens is 1. The van der Waals surface area contributed by atoms with Crippen molar-refractivity contribution in [1.82, 2.24) is 15.2 Å². The minimum Gasteiger partial charge on any atom is -0.373 e. The van der Waals surface area contributed by atoms with E-state index in [1.54, 1.807) is 13.1 Å². The summed E-state index contributed by atoms with van der Waals surface area (Å²) in [5, 5.41) is 6.08. The van der Waals surface area contributed by atoms with Gasteiger partial charge in [0.25, 0.3) is 5.91 Å². The third kappa shape index (κ3) is 3.67. The summed E-state index contributed by atoms with van der Waals surface area (Å²) in [6, 6.07) is 3.86. The molecule has 0 aliphatic carbocycles. The van der Waals surface area contributed by atoms with Crippen LogP contribution >= 0.6 is 0 Å². The molecule has 1 aliphatic heterocycles. The molecule has 1 unspecified atom stereocenters. The molecule has 0 radical (unpaired) electrons. The molecule has 1 aromatic rings. The van der Waals surface area contributed by atoms with E-state index in [0.29, 0.717) is 5.56 Å². The summed E-state index contributed by atoms with van der Waals surface area (Å²) in [5.41, 5.74) is 1.52. The second kappa shape index (κ2) is 6.02. The van der Waals surface area contributed by atoms with E-state index in [2.05, 4.69) is 27.6 Å². The highest BCUT2D eigenvalue weighted by atomic mass is 16.1. The minimum absolute atomic E-state index is 0.0118. The maximum atomic E-state index is 12.3. The number of pyridine rings is 1. The van der Waals surface area contributed by atoms with Crippen molar-refractivity contribution < 1.29 is 4.79 Å². The highest BCUT2D eigenvalue weighted by molar-refractivity contribution is 5.95. The number of hydrogen-bond donors (Lipinski definition) is 2. The van der Waals surface area contributed by atoms with Crippen LogP contribution in [0, 0.1) is 6.92 Å². The predicted octanol–water partition coefficient (Wildman–Crippen LogP) is 1.26. The number of nitrogens with zero attached hydrogens (tertiary/aromatic N) is 2. The Morgan fingerprint density at radius 1 is 1.47 bits per heavy atom. The number of carbonyl (C=O) groups is 1. The van der Waals surface area contributed by atoms with Crippen LogP contribution in [-0.4, -0.2) is 49.0 Å².